The molecule has 5 nitrogen and oxygen atoms in total. The van der Waals surface area contributed by atoms with E-state index in [9.17, 15) is 9.59 Å². The summed E-state index contributed by atoms with van der Waals surface area (Å²) in [6.07, 6.45) is 0.680. The summed E-state index contributed by atoms with van der Waals surface area (Å²) in [5.41, 5.74) is 8.17. The number of nitrogens with zero attached hydrogens (tertiary/aromatic N) is 1. The normalized spacial score (nSPS) is 13.8. The van der Waals surface area contributed by atoms with E-state index in [1.807, 2.05) is 26.0 Å². The van der Waals surface area contributed by atoms with E-state index in [-0.39, 0.29) is 17.9 Å². The molecule has 0 bridgehead atoms. The summed E-state index contributed by atoms with van der Waals surface area (Å²) in [5.74, 6) is -0.00959. The Kier molecular flexibility index (Phi) is 3.74. The van der Waals surface area contributed by atoms with Gasteiger partial charge in [-0.15, -0.1) is 0 Å². The van der Waals surface area contributed by atoms with Gasteiger partial charge in [0.2, 0.25) is 11.8 Å². The first-order valence-corrected chi connectivity index (χ1v) is 6.45. The van der Waals surface area contributed by atoms with E-state index in [1.165, 1.54) is 0 Å². The van der Waals surface area contributed by atoms with Crippen LogP contribution in [-0.4, -0.2) is 24.4 Å². The van der Waals surface area contributed by atoms with Crippen LogP contribution >= 0.6 is 0 Å². The lowest BCUT2D eigenvalue weighted by molar-refractivity contribution is -0.121. The highest BCUT2D eigenvalue weighted by atomic mass is 16.2. The zero-order valence-corrected chi connectivity index (χ0v) is 11.3. The van der Waals surface area contributed by atoms with Gasteiger partial charge < -0.3 is 16.0 Å². The molecule has 1 heterocycles. The fourth-order valence-corrected chi connectivity index (χ4v) is 2.26. The number of hydrogen-bond donors (Lipinski definition) is 2. The summed E-state index contributed by atoms with van der Waals surface area (Å²) < 4.78 is 0. The van der Waals surface area contributed by atoms with Gasteiger partial charge in [0.05, 0.1) is 6.42 Å². The zero-order valence-electron chi connectivity index (χ0n) is 11.3. The summed E-state index contributed by atoms with van der Waals surface area (Å²) in [6.45, 7) is 4.24. The van der Waals surface area contributed by atoms with Crippen molar-refractivity contribution < 1.29 is 9.59 Å². The van der Waals surface area contributed by atoms with Gasteiger partial charge in [0.25, 0.3) is 0 Å². The van der Waals surface area contributed by atoms with Crippen molar-refractivity contribution >= 4 is 23.2 Å². The molecule has 0 aromatic heterocycles. The Morgan fingerprint density at radius 2 is 2.21 bits per heavy atom. The molecule has 0 saturated heterocycles. The van der Waals surface area contributed by atoms with E-state index in [1.54, 1.807) is 11.0 Å². The number of carbonyl (C=O) groups is 2. The number of rotatable bonds is 4. The first-order valence-electron chi connectivity index (χ1n) is 6.45. The van der Waals surface area contributed by atoms with Gasteiger partial charge in [-0.2, -0.15) is 0 Å². The minimum atomic E-state index is -0.0355. The van der Waals surface area contributed by atoms with Crippen LogP contribution in [0.5, 0.6) is 0 Å². The third-order valence-electron chi connectivity index (χ3n) is 3.05. The lowest BCUT2D eigenvalue weighted by Gasteiger charge is -2.17. The maximum atomic E-state index is 11.9. The number of carbonyl (C=O) groups excluding carboxylic acids is 2. The van der Waals surface area contributed by atoms with Crippen LogP contribution in [0.4, 0.5) is 11.4 Å². The first kappa shape index (κ1) is 13.4. The van der Waals surface area contributed by atoms with Gasteiger partial charge in [-0.1, -0.05) is 0 Å². The number of hydrogen-bond acceptors (Lipinski definition) is 3. The average Bonchev–Trinajstić information content (AvgIpc) is 2.60. The molecule has 3 N–H and O–H groups in total. The number of anilines is 2. The summed E-state index contributed by atoms with van der Waals surface area (Å²) in [7, 11) is 0. The minimum Gasteiger partial charge on any atom is -0.399 e. The molecular formula is C14H19N3O2. The smallest absolute Gasteiger partial charge is 0.231 e. The maximum Gasteiger partial charge on any atom is 0.231 e. The molecule has 0 radical (unpaired) electrons. The largest absolute Gasteiger partial charge is 0.399 e. The van der Waals surface area contributed by atoms with Gasteiger partial charge in [0, 0.05) is 30.4 Å². The van der Waals surface area contributed by atoms with Crippen molar-refractivity contribution in [1.82, 2.24) is 5.32 Å². The molecule has 0 unspecified atom stereocenters. The molecule has 0 spiro atoms. The van der Waals surface area contributed by atoms with E-state index >= 15 is 0 Å². The molecule has 0 saturated carbocycles. The topological polar surface area (TPSA) is 75.4 Å². The highest BCUT2D eigenvalue weighted by Crippen LogP contribution is 2.30. The molecule has 1 aliphatic heterocycles. The van der Waals surface area contributed by atoms with Crippen LogP contribution in [0, 0.1) is 0 Å². The second-order valence-electron chi connectivity index (χ2n) is 5.08. The summed E-state index contributed by atoms with van der Waals surface area (Å²) in [5, 5.41) is 2.82. The highest BCUT2D eigenvalue weighted by molar-refractivity contribution is 6.02. The molecule has 1 aromatic rings. The third-order valence-corrected chi connectivity index (χ3v) is 3.05. The van der Waals surface area contributed by atoms with Gasteiger partial charge in [-0.05, 0) is 37.6 Å². The molecular weight excluding hydrogens is 242 g/mol. The molecule has 102 valence electrons. The lowest BCUT2D eigenvalue weighted by Crippen LogP contribution is -2.35. The van der Waals surface area contributed by atoms with Crippen molar-refractivity contribution in [1.29, 1.82) is 0 Å². The monoisotopic (exact) mass is 261 g/mol. The van der Waals surface area contributed by atoms with E-state index < -0.39 is 0 Å². The Labute approximate surface area is 112 Å². The quantitative estimate of drug-likeness (QED) is 0.796. The maximum absolute atomic E-state index is 11.9. The van der Waals surface area contributed by atoms with Crippen LogP contribution in [0.2, 0.25) is 0 Å². The number of benzene rings is 1. The van der Waals surface area contributed by atoms with Crippen LogP contribution < -0.4 is 16.0 Å². The van der Waals surface area contributed by atoms with Crippen molar-refractivity contribution in [3.63, 3.8) is 0 Å². The van der Waals surface area contributed by atoms with Gasteiger partial charge in [-0.25, -0.2) is 0 Å². The Morgan fingerprint density at radius 3 is 2.89 bits per heavy atom. The molecule has 5 heteroatoms. The molecule has 1 aliphatic rings. The van der Waals surface area contributed by atoms with Gasteiger partial charge in [0.1, 0.15) is 0 Å². The summed E-state index contributed by atoms with van der Waals surface area (Å²) >= 11 is 0. The standard InChI is InChI=1S/C14H19N3O2/c1-9(2)16-13(18)5-6-17-12-4-3-11(15)7-10(12)8-14(17)19/h3-4,7,9H,5-6,8,15H2,1-2H3,(H,16,18). The van der Waals surface area contributed by atoms with Crippen molar-refractivity contribution in [3.05, 3.63) is 23.8 Å². The molecule has 0 atom stereocenters. The number of nitrogens with two attached hydrogens (primary N) is 1. The van der Waals surface area contributed by atoms with Crippen molar-refractivity contribution in [2.45, 2.75) is 32.7 Å². The molecule has 19 heavy (non-hydrogen) atoms. The molecule has 2 amide bonds. The van der Waals surface area contributed by atoms with Crippen LogP contribution in [0.1, 0.15) is 25.8 Å². The average molecular weight is 261 g/mol. The van der Waals surface area contributed by atoms with Crippen LogP contribution in [-0.2, 0) is 16.0 Å². The lowest BCUT2D eigenvalue weighted by atomic mass is 10.1. The second-order valence-corrected chi connectivity index (χ2v) is 5.08. The second kappa shape index (κ2) is 5.30. The van der Waals surface area contributed by atoms with Crippen molar-refractivity contribution in [3.8, 4) is 0 Å². The van der Waals surface area contributed by atoms with E-state index in [0.29, 0.717) is 25.1 Å². The Bertz CT molecular complexity index is 511. The van der Waals surface area contributed by atoms with E-state index in [4.69, 9.17) is 5.73 Å². The number of fused-ring (bicyclic) bond motifs is 1. The summed E-state index contributed by atoms with van der Waals surface area (Å²) in [4.78, 5) is 25.2. The van der Waals surface area contributed by atoms with Gasteiger partial charge in [0.15, 0.2) is 0 Å². The Morgan fingerprint density at radius 1 is 1.47 bits per heavy atom. The van der Waals surface area contributed by atoms with Crippen LogP contribution in [0.3, 0.4) is 0 Å². The number of nitrogen functional groups attached to an aromatic ring is 1. The molecule has 0 aliphatic carbocycles. The zero-order chi connectivity index (χ0) is 14.0. The van der Waals surface area contributed by atoms with Gasteiger partial charge >= 0.3 is 0 Å². The van der Waals surface area contributed by atoms with Crippen molar-refractivity contribution in [2.75, 3.05) is 17.2 Å². The van der Waals surface area contributed by atoms with E-state index in [0.717, 1.165) is 11.3 Å². The number of nitrogens with one attached hydrogen (secondary N) is 1. The molecule has 0 fully saturated rings. The molecule has 2 rings (SSSR count). The Hall–Kier alpha value is -2.04. The summed E-state index contributed by atoms with van der Waals surface area (Å²) in [6, 6.07) is 5.56. The predicted octanol–water partition coefficient (Wildman–Crippen LogP) is 1.07. The minimum absolute atomic E-state index is 0.0259. The van der Waals surface area contributed by atoms with Crippen LogP contribution in [0.25, 0.3) is 0 Å². The van der Waals surface area contributed by atoms with Crippen LogP contribution in [0.15, 0.2) is 18.2 Å². The third kappa shape index (κ3) is 3.05. The SMILES string of the molecule is CC(C)NC(=O)CCN1C(=O)Cc2cc(N)ccc21. The fraction of sp³-hybridized carbons (Fsp3) is 0.429. The van der Waals surface area contributed by atoms with E-state index in [2.05, 4.69) is 5.32 Å². The Balaban J connectivity index is 2.02. The molecule has 1 aromatic carbocycles. The van der Waals surface area contributed by atoms with Crippen molar-refractivity contribution in [2.24, 2.45) is 0 Å². The first-order chi connectivity index (χ1) is 8.97. The number of amides is 2. The van der Waals surface area contributed by atoms with Gasteiger partial charge in [-0.3, -0.25) is 9.59 Å². The highest BCUT2D eigenvalue weighted by Gasteiger charge is 2.27. The fourth-order valence-electron chi connectivity index (χ4n) is 2.26. The predicted molar refractivity (Wildman–Crippen MR) is 74.8 cm³/mol.